The van der Waals surface area contributed by atoms with E-state index in [0.29, 0.717) is 30.0 Å². The number of ether oxygens (including phenoxy) is 1. The Morgan fingerprint density at radius 1 is 0.917 bits per heavy atom. The fourth-order valence-electron chi connectivity index (χ4n) is 4.40. The van der Waals surface area contributed by atoms with E-state index in [2.05, 4.69) is 0 Å². The molecule has 0 spiro atoms. The van der Waals surface area contributed by atoms with Crippen LogP contribution in [0, 0.1) is 0 Å². The lowest BCUT2D eigenvalue weighted by Gasteiger charge is -2.27. The monoisotopic (exact) mass is 500 g/mol. The van der Waals surface area contributed by atoms with E-state index in [1.165, 1.54) is 0 Å². The molecule has 0 radical (unpaired) electrons. The Kier molecular flexibility index (Phi) is 6.86. The van der Waals surface area contributed by atoms with Gasteiger partial charge in [0.1, 0.15) is 12.3 Å². The van der Waals surface area contributed by atoms with Gasteiger partial charge in [-0.25, -0.2) is 4.79 Å². The molecule has 0 saturated carbocycles. The molecule has 2 heterocycles. The molecular weight excluding hydrogens is 476 g/mol. The van der Waals surface area contributed by atoms with E-state index in [-0.39, 0.29) is 17.4 Å². The van der Waals surface area contributed by atoms with Gasteiger partial charge in [-0.2, -0.15) is 0 Å². The lowest BCUT2D eigenvalue weighted by Crippen LogP contribution is -2.44. The van der Waals surface area contributed by atoms with Crippen molar-refractivity contribution in [3.63, 3.8) is 0 Å². The number of rotatable bonds is 5. The highest BCUT2D eigenvalue weighted by Gasteiger charge is 2.37. The van der Waals surface area contributed by atoms with Crippen LogP contribution in [0.15, 0.2) is 71.6 Å². The van der Waals surface area contributed by atoms with Gasteiger partial charge in [-0.3, -0.25) is 19.3 Å². The van der Waals surface area contributed by atoms with Crippen LogP contribution in [0.5, 0.6) is 5.75 Å². The topological polar surface area (TPSA) is 84.0 Å². The molecule has 2 aliphatic rings. The summed E-state index contributed by atoms with van der Waals surface area (Å²) in [4.78, 5) is 53.7. The maximum absolute atomic E-state index is 12.9. The number of piperidine rings is 1. The van der Waals surface area contributed by atoms with E-state index < -0.39 is 17.1 Å². The van der Waals surface area contributed by atoms with E-state index in [9.17, 15) is 19.2 Å². The van der Waals surface area contributed by atoms with Gasteiger partial charge in [0, 0.05) is 13.1 Å². The third-order valence-electron chi connectivity index (χ3n) is 6.25. The lowest BCUT2D eigenvalue weighted by atomic mass is 10.0. The summed E-state index contributed by atoms with van der Waals surface area (Å²) in [6.07, 6.45) is 4.54. The first-order valence-corrected chi connectivity index (χ1v) is 12.6. The highest BCUT2D eigenvalue weighted by Crippen LogP contribution is 2.33. The van der Waals surface area contributed by atoms with Gasteiger partial charge >= 0.3 is 5.97 Å². The minimum atomic E-state index is -0.492. The first-order valence-electron chi connectivity index (χ1n) is 11.8. The molecule has 0 bridgehead atoms. The number of thioether (sulfide) groups is 1. The van der Waals surface area contributed by atoms with Crippen molar-refractivity contribution >= 4 is 51.6 Å². The number of likely N-dealkylation sites (tertiary alicyclic amines) is 1. The zero-order valence-corrected chi connectivity index (χ0v) is 20.3. The minimum Gasteiger partial charge on any atom is -0.423 e. The van der Waals surface area contributed by atoms with Gasteiger partial charge in [0.05, 0.1) is 10.5 Å². The maximum Gasteiger partial charge on any atom is 0.344 e. The number of carbonyl (C=O) groups is 4. The summed E-state index contributed by atoms with van der Waals surface area (Å²) < 4.78 is 5.62. The lowest BCUT2D eigenvalue weighted by molar-refractivity contribution is -0.136. The molecule has 36 heavy (non-hydrogen) atoms. The van der Waals surface area contributed by atoms with E-state index >= 15 is 0 Å². The first-order chi connectivity index (χ1) is 17.5. The van der Waals surface area contributed by atoms with E-state index in [0.717, 1.165) is 46.7 Å². The van der Waals surface area contributed by atoms with E-state index in [4.69, 9.17) is 4.74 Å². The minimum absolute atomic E-state index is 0.208. The summed E-state index contributed by atoms with van der Waals surface area (Å²) in [5.41, 5.74) is 1.06. The average Bonchev–Trinajstić information content (AvgIpc) is 3.16. The van der Waals surface area contributed by atoms with E-state index in [1.54, 1.807) is 41.3 Å². The Hall–Kier alpha value is -3.91. The van der Waals surface area contributed by atoms with Gasteiger partial charge in [0.25, 0.3) is 11.1 Å². The van der Waals surface area contributed by atoms with Crippen LogP contribution in [0.3, 0.4) is 0 Å². The molecular formula is C28H24N2O5S. The number of carbonyl (C=O) groups excluding carboxylic acids is 4. The molecule has 0 atom stereocenters. The molecule has 7 nitrogen and oxygen atoms in total. The fraction of sp³-hybridized carbons (Fsp3) is 0.214. The number of hydrogen-bond donors (Lipinski definition) is 0. The molecule has 3 aromatic rings. The van der Waals surface area contributed by atoms with E-state index in [1.807, 2.05) is 36.4 Å². The molecule has 3 aromatic carbocycles. The smallest absolute Gasteiger partial charge is 0.344 e. The number of hydrogen-bond acceptors (Lipinski definition) is 6. The summed E-state index contributed by atoms with van der Waals surface area (Å²) in [7, 11) is 0. The highest BCUT2D eigenvalue weighted by molar-refractivity contribution is 8.18. The molecule has 2 fully saturated rings. The molecule has 182 valence electrons. The normalized spacial score (nSPS) is 17.2. The van der Waals surface area contributed by atoms with Crippen molar-refractivity contribution < 1.29 is 23.9 Å². The molecule has 5 rings (SSSR count). The second-order valence-electron chi connectivity index (χ2n) is 8.70. The summed E-state index contributed by atoms with van der Waals surface area (Å²) in [5.74, 6) is -0.865. The molecule has 2 aliphatic heterocycles. The van der Waals surface area contributed by atoms with Crippen molar-refractivity contribution in [1.82, 2.24) is 9.80 Å². The zero-order chi connectivity index (χ0) is 25.1. The molecule has 0 N–H and O–H groups in total. The van der Waals surface area contributed by atoms with Crippen LogP contribution >= 0.6 is 11.8 Å². The number of amides is 3. The summed E-state index contributed by atoms with van der Waals surface area (Å²) in [6, 6.07) is 19.8. The average molecular weight is 501 g/mol. The third-order valence-corrected chi connectivity index (χ3v) is 7.16. The zero-order valence-electron chi connectivity index (χ0n) is 19.5. The van der Waals surface area contributed by atoms with Gasteiger partial charge in [0.15, 0.2) is 0 Å². The van der Waals surface area contributed by atoms with Crippen molar-refractivity contribution in [3.05, 3.63) is 82.8 Å². The standard InChI is InChI=1S/C28H24N2O5S/c31-25(29-14-4-1-5-15-29)18-30-26(32)24(36-28(30)34)17-19-8-6-11-21(16-19)35-27(33)23-13-7-10-20-9-2-3-12-22(20)23/h2-3,6-13,16-17H,1,4-5,14-15,18H2/b24-17-. The van der Waals surface area contributed by atoms with Gasteiger partial charge in [-0.1, -0.05) is 48.5 Å². The van der Waals surface area contributed by atoms with Crippen LogP contribution in [0.1, 0.15) is 35.2 Å². The second kappa shape index (κ2) is 10.4. The SMILES string of the molecule is O=C(Oc1cccc(/C=C2\SC(=O)N(CC(=O)N3CCCCC3)C2=O)c1)c1cccc2ccccc12. The molecule has 0 unspecified atom stereocenters. The number of fused-ring (bicyclic) bond motifs is 1. The van der Waals surface area contributed by atoms with Crippen LogP contribution in [-0.4, -0.2) is 52.5 Å². The van der Waals surface area contributed by atoms with Gasteiger partial charge < -0.3 is 9.64 Å². The summed E-state index contributed by atoms with van der Waals surface area (Å²) in [5, 5.41) is 1.28. The number of benzene rings is 3. The largest absolute Gasteiger partial charge is 0.423 e. The van der Waals surface area contributed by atoms with Crippen LogP contribution in [0.4, 0.5) is 4.79 Å². The maximum atomic E-state index is 12.9. The summed E-state index contributed by atoms with van der Waals surface area (Å²) >= 11 is 0.803. The van der Waals surface area contributed by atoms with Crippen molar-refractivity contribution in [2.45, 2.75) is 19.3 Å². The van der Waals surface area contributed by atoms with Crippen LogP contribution in [0.25, 0.3) is 16.8 Å². The number of esters is 1. The van der Waals surface area contributed by atoms with Crippen LogP contribution < -0.4 is 4.74 Å². The van der Waals surface area contributed by atoms with Crippen LogP contribution in [0.2, 0.25) is 0 Å². The van der Waals surface area contributed by atoms with Crippen molar-refractivity contribution in [1.29, 1.82) is 0 Å². The molecule has 0 aromatic heterocycles. The Labute approximate surface area is 212 Å². The second-order valence-corrected chi connectivity index (χ2v) is 9.69. The van der Waals surface area contributed by atoms with Gasteiger partial charge in [-0.15, -0.1) is 0 Å². The molecule has 2 saturated heterocycles. The Morgan fingerprint density at radius 2 is 1.67 bits per heavy atom. The van der Waals surface area contributed by atoms with Gasteiger partial charge in [0.2, 0.25) is 5.91 Å². The fourth-order valence-corrected chi connectivity index (χ4v) is 5.24. The summed E-state index contributed by atoms with van der Waals surface area (Å²) in [6.45, 7) is 1.08. The first kappa shape index (κ1) is 23.8. The quantitative estimate of drug-likeness (QED) is 0.275. The third kappa shape index (κ3) is 5.04. The Bertz CT molecular complexity index is 1390. The number of nitrogens with zero attached hydrogens (tertiary/aromatic N) is 2. The Balaban J connectivity index is 1.29. The number of imide groups is 1. The van der Waals surface area contributed by atoms with Crippen molar-refractivity contribution in [3.8, 4) is 5.75 Å². The van der Waals surface area contributed by atoms with Crippen LogP contribution in [-0.2, 0) is 9.59 Å². The predicted octanol–water partition coefficient (Wildman–Crippen LogP) is 5.11. The highest BCUT2D eigenvalue weighted by atomic mass is 32.2. The predicted molar refractivity (Wildman–Crippen MR) is 138 cm³/mol. The molecule has 3 amide bonds. The van der Waals surface area contributed by atoms with Crippen molar-refractivity contribution in [2.24, 2.45) is 0 Å². The molecule has 8 heteroatoms. The van der Waals surface area contributed by atoms with Crippen molar-refractivity contribution in [2.75, 3.05) is 19.6 Å². The molecule has 0 aliphatic carbocycles. The Morgan fingerprint density at radius 3 is 2.50 bits per heavy atom. The van der Waals surface area contributed by atoms with Gasteiger partial charge in [-0.05, 0) is 71.6 Å².